The zero-order valence-electron chi connectivity index (χ0n) is 19.8. The van der Waals surface area contributed by atoms with Gasteiger partial charge in [0.15, 0.2) is 0 Å². The van der Waals surface area contributed by atoms with E-state index in [0.29, 0.717) is 18.5 Å². The number of ether oxygens (including phenoxy) is 5. The van der Waals surface area contributed by atoms with Crippen LogP contribution >= 0.6 is 0 Å². The molecule has 0 amide bonds. The molecule has 18 heteroatoms. The van der Waals surface area contributed by atoms with E-state index in [1.807, 2.05) is 0 Å². The van der Waals surface area contributed by atoms with Crippen LogP contribution < -0.4 is 14.2 Å². The van der Waals surface area contributed by atoms with Gasteiger partial charge in [-0.15, -0.1) is 13.2 Å². The van der Waals surface area contributed by atoms with Gasteiger partial charge in [0.25, 0.3) is 0 Å². The van der Waals surface area contributed by atoms with Gasteiger partial charge in [-0.05, 0) is 27.5 Å². The summed E-state index contributed by atoms with van der Waals surface area (Å²) in [4.78, 5) is 28.0. The van der Waals surface area contributed by atoms with Crippen LogP contribution in [0.1, 0.15) is 17.5 Å². The lowest BCUT2D eigenvalue weighted by atomic mass is 10.1. The van der Waals surface area contributed by atoms with Gasteiger partial charge in [0, 0.05) is 28.5 Å². The summed E-state index contributed by atoms with van der Waals surface area (Å²) in [6.45, 7) is 0.145. The highest BCUT2D eigenvalue weighted by molar-refractivity contribution is 5.37. The van der Waals surface area contributed by atoms with Crippen molar-refractivity contribution < 1.29 is 46.7 Å². The van der Waals surface area contributed by atoms with E-state index in [1.165, 1.54) is 33.7 Å². The van der Waals surface area contributed by atoms with Crippen molar-refractivity contribution in [3.05, 3.63) is 61.9 Å². The number of rotatable bonds is 9. The molecule has 2 aliphatic rings. The van der Waals surface area contributed by atoms with Gasteiger partial charge in [-0.25, -0.2) is 0 Å². The van der Waals surface area contributed by atoms with Crippen LogP contribution in [0, 0.1) is 20.2 Å². The Hall–Kier alpha value is -4.45. The molecule has 3 aromatic rings. The first-order valence-electron chi connectivity index (χ1n) is 11.4. The van der Waals surface area contributed by atoms with E-state index in [9.17, 15) is 33.4 Å². The molecule has 0 saturated heterocycles. The molecule has 39 heavy (non-hydrogen) atoms. The molecule has 1 aromatic carbocycles. The van der Waals surface area contributed by atoms with E-state index in [-0.39, 0.29) is 49.8 Å². The molecule has 0 saturated carbocycles. The fraction of sp³-hybridized carbons (Fsp3) is 0.429. The number of nitro groups is 2. The molecular formula is C21H19F3N6O9. The van der Waals surface area contributed by atoms with Crippen molar-refractivity contribution in [2.45, 2.75) is 51.5 Å². The Morgan fingerprint density at radius 3 is 2.46 bits per heavy atom. The van der Waals surface area contributed by atoms with Gasteiger partial charge in [0.2, 0.25) is 6.29 Å². The summed E-state index contributed by atoms with van der Waals surface area (Å²) in [5.74, 6) is -1.23. The van der Waals surface area contributed by atoms with Gasteiger partial charge >= 0.3 is 30.0 Å². The Morgan fingerprint density at radius 2 is 1.74 bits per heavy atom. The zero-order chi connectivity index (χ0) is 27.7. The number of aryl methyl sites for hydroxylation is 1. The summed E-state index contributed by atoms with van der Waals surface area (Å²) >= 11 is 0. The molecule has 0 N–H and O–H groups in total. The molecular weight excluding hydrogens is 537 g/mol. The first kappa shape index (κ1) is 26.2. The highest BCUT2D eigenvalue weighted by atomic mass is 19.4. The third-order valence-electron chi connectivity index (χ3n) is 5.73. The molecule has 0 aliphatic carbocycles. The number of nitrogens with zero attached hydrogens (tertiary/aromatic N) is 6. The minimum absolute atomic E-state index is 0.0145. The van der Waals surface area contributed by atoms with Crippen LogP contribution in [0.25, 0.3) is 0 Å². The van der Waals surface area contributed by atoms with Crippen LogP contribution in [0.3, 0.4) is 0 Å². The summed E-state index contributed by atoms with van der Waals surface area (Å²) in [5, 5.41) is 21.8. The van der Waals surface area contributed by atoms with Gasteiger partial charge < -0.3 is 43.9 Å². The molecule has 2 aliphatic heterocycles. The predicted octanol–water partition coefficient (Wildman–Crippen LogP) is 3.10. The Kier molecular flexibility index (Phi) is 6.96. The average Bonchev–Trinajstić information content (AvgIpc) is 3.50. The second-order valence-corrected chi connectivity index (χ2v) is 8.50. The molecule has 0 radical (unpaired) electrons. The summed E-state index contributed by atoms with van der Waals surface area (Å²) in [5.41, 5.74) is 0.561. The Balaban J connectivity index is 1.23. The molecule has 15 nitrogen and oxygen atoms in total. The highest BCUT2D eigenvalue weighted by Gasteiger charge is 2.33. The van der Waals surface area contributed by atoms with Crippen molar-refractivity contribution in [3.8, 4) is 17.8 Å². The van der Waals surface area contributed by atoms with Gasteiger partial charge in [-0.1, -0.05) is 6.07 Å². The van der Waals surface area contributed by atoms with E-state index >= 15 is 0 Å². The largest absolute Gasteiger partial charge is 0.573 e. The number of benzene rings is 1. The first-order valence-corrected chi connectivity index (χ1v) is 11.4. The number of aromatic nitrogens is 4. The lowest BCUT2D eigenvalue weighted by Gasteiger charge is -2.24. The Morgan fingerprint density at radius 1 is 1.03 bits per heavy atom. The van der Waals surface area contributed by atoms with Gasteiger partial charge in [0.05, 0.1) is 19.8 Å². The second-order valence-electron chi connectivity index (χ2n) is 8.50. The minimum Gasteiger partial charge on any atom is -0.443 e. The molecule has 0 fully saturated rings. The average molecular weight is 556 g/mol. The number of hydrogen-bond acceptors (Lipinski definition) is 11. The monoisotopic (exact) mass is 556 g/mol. The van der Waals surface area contributed by atoms with Crippen LogP contribution in [0.4, 0.5) is 24.8 Å². The number of fused-ring (bicyclic) bond motifs is 2. The first-order chi connectivity index (χ1) is 18.5. The third kappa shape index (κ3) is 6.17. The third-order valence-corrected chi connectivity index (χ3v) is 5.73. The van der Waals surface area contributed by atoms with E-state index in [4.69, 9.17) is 18.9 Å². The predicted molar refractivity (Wildman–Crippen MR) is 119 cm³/mol. The summed E-state index contributed by atoms with van der Waals surface area (Å²) in [6, 6.07) is 4.02. The van der Waals surface area contributed by atoms with Crippen LogP contribution in [0.5, 0.6) is 17.8 Å². The topological polar surface area (TPSA) is 168 Å². The standard InChI is InChI=1S/C21H19F3N6O9/c22-21(23,24)39-15-2-1-12(9-36-18-3-4-27-7-16(29(31)32)26-20(27)38-18)5-13(15)10-35-14-6-28-8-17(30(33)34)25-19(28)37-11-14/h1-2,5,7-8,14,18H,3-4,6,9-11H2/t14-,18+/m0/s1. The van der Waals surface area contributed by atoms with Crippen molar-refractivity contribution in [1.82, 2.24) is 19.1 Å². The highest BCUT2D eigenvalue weighted by Crippen LogP contribution is 2.30. The molecule has 0 bridgehead atoms. The summed E-state index contributed by atoms with van der Waals surface area (Å²) in [6.07, 6.45) is -3.55. The lowest BCUT2D eigenvalue weighted by Crippen LogP contribution is -2.32. The van der Waals surface area contributed by atoms with E-state index in [0.717, 1.165) is 6.07 Å². The lowest BCUT2D eigenvalue weighted by molar-refractivity contribution is -0.389. The minimum atomic E-state index is -4.94. The molecule has 0 unspecified atom stereocenters. The number of hydrogen-bond donors (Lipinski definition) is 0. The van der Waals surface area contributed by atoms with E-state index in [2.05, 4.69) is 14.7 Å². The van der Waals surface area contributed by atoms with Gasteiger partial charge in [-0.3, -0.25) is 9.13 Å². The van der Waals surface area contributed by atoms with Gasteiger partial charge in [0.1, 0.15) is 30.9 Å². The maximum Gasteiger partial charge on any atom is 0.573 e. The fourth-order valence-electron chi connectivity index (χ4n) is 3.98. The van der Waals surface area contributed by atoms with E-state index in [1.54, 1.807) is 0 Å². The Bertz CT molecular complexity index is 1390. The molecule has 2 aromatic heterocycles. The number of halogens is 3. The van der Waals surface area contributed by atoms with Crippen molar-refractivity contribution in [2.24, 2.45) is 0 Å². The number of imidazole rings is 2. The van der Waals surface area contributed by atoms with Gasteiger partial charge in [-0.2, -0.15) is 0 Å². The van der Waals surface area contributed by atoms with Crippen LogP contribution in [0.15, 0.2) is 30.6 Å². The van der Waals surface area contributed by atoms with Crippen LogP contribution in [-0.4, -0.2) is 54.3 Å². The second kappa shape index (κ2) is 10.4. The number of alkyl halides is 3. The Labute approximate surface area is 215 Å². The van der Waals surface area contributed by atoms with Crippen molar-refractivity contribution in [2.75, 3.05) is 6.61 Å². The molecule has 0 spiro atoms. The van der Waals surface area contributed by atoms with Crippen molar-refractivity contribution in [1.29, 1.82) is 0 Å². The van der Waals surface area contributed by atoms with Crippen LogP contribution in [-0.2, 0) is 35.8 Å². The molecule has 5 rings (SSSR count). The quantitative estimate of drug-likeness (QED) is 0.280. The van der Waals surface area contributed by atoms with Crippen molar-refractivity contribution >= 4 is 11.6 Å². The zero-order valence-corrected chi connectivity index (χ0v) is 19.8. The maximum absolute atomic E-state index is 13.0. The molecule has 2 atom stereocenters. The van der Waals surface area contributed by atoms with E-state index < -0.39 is 40.2 Å². The SMILES string of the molecule is O=[N+]([O-])c1cn2c(n1)OC[C@@H](OCc1cc(CO[C@H]3CCn4cc([N+](=O)[O-])nc4O3)ccc1OC(F)(F)F)C2. The van der Waals surface area contributed by atoms with Crippen LogP contribution in [0.2, 0.25) is 0 Å². The normalized spacial score (nSPS) is 18.4. The maximum atomic E-state index is 13.0. The molecule has 4 heterocycles. The van der Waals surface area contributed by atoms with Crippen molar-refractivity contribution in [3.63, 3.8) is 0 Å². The summed E-state index contributed by atoms with van der Waals surface area (Å²) < 4.78 is 68.3. The summed E-state index contributed by atoms with van der Waals surface area (Å²) in [7, 11) is 0. The smallest absolute Gasteiger partial charge is 0.443 e. The fourth-order valence-corrected chi connectivity index (χ4v) is 3.98. The molecule has 208 valence electrons.